The smallest absolute Gasteiger partial charge is 0.0576 e. The van der Waals surface area contributed by atoms with E-state index in [0.29, 0.717) is 24.5 Å². The van der Waals surface area contributed by atoms with E-state index in [9.17, 15) is 0 Å². The predicted octanol–water partition coefficient (Wildman–Crippen LogP) is 0.973. The third-order valence-electron chi connectivity index (χ3n) is 1.64. The Labute approximate surface area is 75.9 Å². The number of nitrogens with one attached hydrogen (secondary N) is 1. The fourth-order valence-corrected chi connectivity index (χ4v) is 1.18. The second-order valence-corrected chi connectivity index (χ2v) is 4.28. The maximum Gasteiger partial charge on any atom is 0.0576 e. The molecule has 0 rings (SSSR count). The van der Waals surface area contributed by atoms with Crippen LogP contribution in [0.4, 0.5) is 0 Å². The molecule has 0 radical (unpaired) electrons. The minimum atomic E-state index is 0.311. The first-order valence-electron chi connectivity index (χ1n) is 4.36. The zero-order valence-electron chi connectivity index (χ0n) is 8.35. The standard InChI is InChI=1S/C10H20N2/c1-5-6-12-9(8-11)7-10(2,3)4/h1,9,12H,6-8,11H2,2-4H3. The van der Waals surface area contributed by atoms with Crippen LogP contribution in [0, 0.1) is 17.8 Å². The molecule has 1 atom stereocenters. The van der Waals surface area contributed by atoms with Gasteiger partial charge in [-0.3, -0.25) is 0 Å². The summed E-state index contributed by atoms with van der Waals surface area (Å²) in [5.74, 6) is 2.55. The van der Waals surface area contributed by atoms with Crippen molar-refractivity contribution in [1.29, 1.82) is 0 Å². The minimum Gasteiger partial charge on any atom is -0.329 e. The first-order chi connectivity index (χ1) is 5.49. The Morgan fingerprint density at radius 1 is 1.50 bits per heavy atom. The molecule has 0 saturated carbocycles. The topological polar surface area (TPSA) is 38.0 Å². The van der Waals surface area contributed by atoms with Crippen molar-refractivity contribution in [2.24, 2.45) is 11.1 Å². The molecular weight excluding hydrogens is 148 g/mol. The van der Waals surface area contributed by atoms with Crippen LogP contribution in [-0.4, -0.2) is 19.1 Å². The van der Waals surface area contributed by atoms with E-state index in [1.807, 2.05) is 0 Å². The molecule has 0 aliphatic heterocycles. The normalized spacial score (nSPS) is 13.9. The van der Waals surface area contributed by atoms with Gasteiger partial charge >= 0.3 is 0 Å². The van der Waals surface area contributed by atoms with Crippen LogP contribution in [0.3, 0.4) is 0 Å². The molecule has 0 aromatic heterocycles. The lowest BCUT2D eigenvalue weighted by atomic mass is 9.88. The average Bonchev–Trinajstić information content (AvgIpc) is 1.95. The summed E-state index contributed by atoms with van der Waals surface area (Å²) in [6.07, 6.45) is 6.20. The quantitative estimate of drug-likeness (QED) is 0.614. The first-order valence-corrected chi connectivity index (χ1v) is 4.36. The molecular formula is C10H20N2. The number of hydrogen-bond donors (Lipinski definition) is 2. The summed E-state index contributed by atoms with van der Waals surface area (Å²) < 4.78 is 0. The zero-order chi connectivity index (χ0) is 9.61. The Kier molecular flexibility index (Phi) is 4.96. The molecule has 0 aromatic rings. The Morgan fingerprint density at radius 3 is 2.42 bits per heavy atom. The molecule has 0 aliphatic rings. The third kappa shape index (κ3) is 6.21. The molecule has 0 spiro atoms. The van der Waals surface area contributed by atoms with Crippen LogP contribution in [0.25, 0.3) is 0 Å². The van der Waals surface area contributed by atoms with Crippen molar-refractivity contribution in [2.75, 3.05) is 13.1 Å². The van der Waals surface area contributed by atoms with Crippen molar-refractivity contribution in [1.82, 2.24) is 5.32 Å². The van der Waals surface area contributed by atoms with Gasteiger partial charge in [-0.05, 0) is 11.8 Å². The van der Waals surface area contributed by atoms with Gasteiger partial charge in [-0.1, -0.05) is 26.7 Å². The number of rotatable bonds is 4. The summed E-state index contributed by atoms with van der Waals surface area (Å²) in [5, 5.41) is 3.21. The van der Waals surface area contributed by atoms with Gasteiger partial charge in [0.2, 0.25) is 0 Å². The van der Waals surface area contributed by atoms with Gasteiger partial charge in [0.15, 0.2) is 0 Å². The molecule has 2 heteroatoms. The highest BCUT2D eigenvalue weighted by Gasteiger charge is 2.16. The second kappa shape index (κ2) is 5.18. The van der Waals surface area contributed by atoms with E-state index >= 15 is 0 Å². The first kappa shape index (κ1) is 11.5. The van der Waals surface area contributed by atoms with E-state index in [2.05, 4.69) is 32.0 Å². The van der Waals surface area contributed by atoms with E-state index in [1.165, 1.54) is 0 Å². The van der Waals surface area contributed by atoms with Gasteiger partial charge in [-0.25, -0.2) is 0 Å². The molecule has 0 aromatic carbocycles. The number of terminal acetylenes is 1. The van der Waals surface area contributed by atoms with Gasteiger partial charge in [-0.2, -0.15) is 0 Å². The van der Waals surface area contributed by atoms with Gasteiger partial charge in [-0.15, -0.1) is 6.42 Å². The van der Waals surface area contributed by atoms with Gasteiger partial charge in [0.05, 0.1) is 6.54 Å². The van der Waals surface area contributed by atoms with Gasteiger partial charge in [0, 0.05) is 12.6 Å². The van der Waals surface area contributed by atoms with Crippen LogP contribution >= 0.6 is 0 Å². The van der Waals surface area contributed by atoms with Gasteiger partial charge in [0.25, 0.3) is 0 Å². The van der Waals surface area contributed by atoms with Crippen molar-refractivity contribution in [3.63, 3.8) is 0 Å². The fourth-order valence-electron chi connectivity index (χ4n) is 1.18. The summed E-state index contributed by atoms with van der Waals surface area (Å²) in [5.41, 5.74) is 5.90. The summed E-state index contributed by atoms with van der Waals surface area (Å²) in [7, 11) is 0. The SMILES string of the molecule is C#CCNC(CN)CC(C)(C)C. The highest BCUT2D eigenvalue weighted by molar-refractivity contribution is 4.89. The summed E-state index contributed by atoms with van der Waals surface area (Å²) >= 11 is 0. The van der Waals surface area contributed by atoms with Crippen LogP contribution < -0.4 is 11.1 Å². The molecule has 12 heavy (non-hydrogen) atoms. The molecule has 1 unspecified atom stereocenters. The minimum absolute atomic E-state index is 0.311. The van der Waals surface area contributed by atoms with Crippen molar-refractivity contribution in [3.05, 3.63) is 0 Å². The Morgan fingerprint density at radius 2 is 2.08 bits per heavy atom. The molecule has 0 bridgehead atoms. The fraction of sp³-hybridized carbons (Fsp3) is 0.800. The lowest BCUT2D eigenvalue weighted by molar-refractivity contribution is 0.317. The van der Waals surface area contributed by atoms with Crippen molar-refractivity contribution < 1.29 is 0 Å². The largest absolute Gasteiger partial charge is 0.329 e. The van der Waals surface area contributed by atoms with E-state index in [0.717, 1.165) is 6.42 Å². The zero-order valence-corrected chi connectivity index (χ0v) is 8.35. The number of hydrogen-bond acceptors (Lipinski definition) is 2. The highest BCUT2D eigenvalue weighted by atomic mass is 14.9. The van der Waals surface area contributed by atoms with Gasteiger partial charge in [0.1, 0.15) is 0 Å². The lowest BCUT2D eigenvalue weighted by Crippen LogP contribution is -2.39. The third-order valence-corrected chi connectivity index (χ3v) is 1.64. The van der Waals surface area contributed by atoms with E-state index in [1.54, 1.807) is 0 Å². The molecule has 0 fully saturated rings. The number of nitrogens with two attached hydrogens (primary N) is 1. The monoisotopic (exact) mass is 168 g/mol. The van der Waals surface area contributed by atoms with Crippen molar-refractivity contribution in [2.45, 2.75) is 33.2 Å². The van der Waals surface area contributed by atoms with Crippen LogP contribution in [-0.2, 0) is 0 Å². The summed E-state index contributed by atoms with van der Waals surface area (Å²) in [6, 6.07) is 0.348. The average molecular weight is 168 g/mol. The van der Waals surface area contributed by atoms with Crippen LogP contribution in [0.5, 0.6) is 0 Å². The Bertz CT molecular complexity index is 150. The van der Waals surface area contributed by atoms with Crippen LogP contribution in [0.1, 0.15) is 27.2 Å². The van der Waals surface area contributed by atoms with Crippen molar-refractivity contribution >= 4 is 0 Å². The van der Waals surface area contributed by atoms with E-state index in [4.69, 9.17) is 12.2 Å². The second-order valence-electron chi connectivity index (χ2n) is 4.28. The van der Waals surface area contributed by atoms with Crippen molar-refractivity contribution in [3.8, 4) is 12.3 Å². The maximum absolute atomic E-state index is 5.59. The molecule has 0 aliphatic carbocycles. The molecule has 2 nitrogen and oxygen atoms in total. The van der Waals surface area contributed by atoms with E-state index < -0.39 is 0 Å². The molecule has 70 valence electrons. The molecule has 3 N–H and O–H groups in total. The van der Waals surface area contributed by atoms with Gasteiger partial charge < -0.3 is 11.1 Å². The van der Waals surface area contributed by atoms with E-state index in [-0.39, 0.29) is 0 Å². The molecule has 0 heterocycles. The summed E-state index contributed by atoms with van der Waals surface area (Å²) in [6.45, 7) is 7.87. The highest BCUT2D eigenvalue weighted by Crippen LogP contribution is 2.20. The predicted molar refractivity (Wildman–Crippen MR) is 53.8 cm³/mol. The lowest BCUT2D eigenvalue weighted by Gasteiger charge is -2.25. The Hall–Kier alpha value is -0.520. The Balaban J connectivity index is 3.77. The maximum atomic E-state index is 5.59. The van der Waals surface area contributed by atoms with Crippen LogP contribution in [0.15, 0.2) is 0 Å². The van der Waals surface area contributed by atoms with Crippen LogP contribution in [0.2, 0.25) is 0 Å². The molecule has 0 amide bonds. The molecule has 0 saturated heterocycles. The summed E-state index contributed by atoms with van der Waals surface area (Å²) in [4.78, 5) is 0.